The first-order valence-corrected chi connectivity index (χ1v) is 5.75. The summed E-state index contributed by atoms with van der Waals surface area (Å²) in [6.45, 7) is 2.08. The van der Waals surface area contributed by atoms with Crippen molar-refractivity contribution in [1.82, 2.24) is 5.32 Å². The van der Waals surface area contributed by atoms with Crippen LogP contribution in [0.25, 0.3) is 0 Å². The Morgan fingerprint density at radius 3 is 2.43 bits per heavy atom. The highest BCUT2D eigenvalue weighted by Crippen LogP contribution is 2.34. The molecule has 0 bridgehead atoms. The van der Waals surface area contributed by atoms with Crippen LogP contribution in [0.1, 0.15) is 30.1 Å². The van der Waals surface area contributed by atoms with E-state index in [0.29, 0.717) is 0 Å². The van der Waals surface area contributed by atoms with Crippen LogP contribution in [0.2, 0.25) is 0 Å². The van der Waals surface area contributed by atoms with Gasteiger partial charge in [-0.2, -0.15) is 0 Å². The lowest BCUT2D eigenvalue weighted by atomic mass is 10.2. The average Bonchev–Trinajstić information content (AvgIpc) is 2.84. The first kappa shape index (κ1) is 9.96. The van der Waals surface area contributed by atoms with Crippen molar-refractivity contribution in [2.24, 2.45) is 0 Å². The molecule has 1 fully saturated rings. The lowest BCUT2D eigenvalue weighted by Gasteiger charge is -2.11. The lowest BCUT2D eigenvalue weighted by molar-refractivity contribution is 0.0935. The smallest absolute Gasteiger partial charge is 0.251 e. The van der Waals surface area contributed by atoms with Gasteiger partial charge in [-0.3, -0.25) is 4.79 Å². The van der Waals surface area contributed by atoms with Gasteiger partial charge in [-0.05, 0) is 66.6 Å². The molecule has 3 heteroatoms. The fraction of sp³-hybridized carbons (Fsp3) is 0.364. The van der Waals surface area contributed by atoms with Crippen molar-refractivity contribution in [2.45, 2.75) is 25.3 Å². The maximum atomic E-state index is 11.7. The fourth-order valence-electron chi connectivity index (χ4n) is 1.26. The van der Waals surface area contributed by atoms with E-state index in [1.165, 1.54) is 0 Å². The van der Waals surface area contributed by atoms with Gasteiger partial charge in [-0.25, -0.2) is 0 Å². The van der Waals surface area contributed by atoms with Crippen LogP contribution in [0.3, 0.4) is 0 Å². The van der Waals surface area contributed by atoms with Crippen molar-refractivity contribution in [3.63, 3.8) is 0 Å². The Labute approximate surface area is 97.2 Å². The largest absolute Gasteiger partial charge is 0.347 e. The molecule has 0 atom stereocenters. The van der Waals surface area contributed by atoms with Gasteiger partial charge in [0.25, 0.3) is 5.91 Å². The number of amides is 1. The van der Waals surface area contributed by atoms with Gasteiger partial charge in [0.05, 0.1) is 0 Å². The van der Waals surface area contributed by atoms with Gasteiger partial charge in [0, 0.05) is 14.7 Å². The van der Waals surface area contributed by atoms with E-state index in [-0.39, 0.29) is 11.4 Å². The monoisotopic (exact) mass is 301 g/mol. The van der Waals surface area contributed by atoms with E-state index in [4.69, 9.17) is 0 Å². The highest BCUT2D eigenvalue weighted by molar-refractivity contribution is 14.1. The maximum absolute atomic E-state index is 11.7. The molecule has 1 aliphatic rings. The SMILES string of the molecule is CC1(NC(=O)c2ccc(I)cc2)CC1. The molecule has 14 heavy (non-hydrogen) atoms. The molecule has 1 N–H and O–H groups in total. The Balaban J connectivity index is 2.07. The number of halogens is 1. The van der Waals surface area contributed by atoms with Crippen molar-refractivity contribution in [3.8, 4) is 0 Å². The third kappa shape index (κ3) is 2.26. The minimum absolute atomic E-state index is 0.0430. The molecule has 0 radical (unpaired) electrons. The van der Waals surface area contributed by atoms with Gasteiger partial charge in [0.2, 0.25) is 0 Å². The molecule has 1 amide bonds. The summed E-state index contributed by atoms with van der Waals surface area (Å²) in [4.78, 5) is 11.7. The van der Waals surface area contributed by atoms with Crippen LogP contribution < -0.4 is 5.32 Å². The molecule has 1 aromatic rings. The summed E-state index contributed by atoms with van der Waals surface area (Å²) in [7, 11) is 0. The highest BCUT2D eigenvalue weighted by atomic mass is 127. The van der Waals surface area contributed by atoms with Crippen molar-refractivity contribution in [3.05, 3.63) is 33.4 Å². The van der Waals surface area contributed by atoms with Crippen LogP contribution in [0, 0.1) is 3.57 Å². The fourth-order valence-corrected chi connectivity index (χ4v) is 1.62. The van der Waals surface area contributed by atoms with Gasteiger partial charge in [0.1, 0.15) is 0 Å². The molecular formula is C11H12INO. The van der Waals surface area contributed by atoms with E-state index in [9.17, 15) is 4.79 Å². The van der Waals surface area contributed by atoms with E-state index in [1.807, 2.05) is 24.3 Å². The van der Waals surface area contributed by atoms with Crippen LogP contribution in [0.5, 0.6) is 0 Å². The van der Waals surface area contributed by atoms with Gasteiger partial charge in [0.15, 0.2) is 0 Å². The summed E-state index contributed by atoms with van der Waals surface area (Å²) >= 11 is 2.23. The third-order valence-electron chi connectivity index (χ3n) is 2.52. The number of hydrogen-bond acceptors (Lipinski definition) is 1. The first-order valence-electron chi connectivity index (χ1n) is 4.67. The summed E-state index contributed by atoms with van der Waals surface area (Å²) in [5.41, 5.74) is 0.818. The third-order valence-corrected chi connectivity index (χ3v) is 3.24. The molecule has 2 nitrogen and oxygen atoms in total. The van der Waals surface area contributed by atoms with E-state index in [2.05, 4.69) is 34.8 Å². The molecule has 0 aromatic heterocycles. The molecule has 0 heterocycles. The summed E-state index contributed by atoms with van der Waals surface area (Å²) < 4.78 is 1.15. The molecule has 2 rings (SSSR count). The van der Waals surface area contributed by atoms with E-state index in [0.717, 1.165) is 22.0 Å². The Morgan fingerprint density at radius 1 is 1.36 bits per heavy atom. The minimum Gasteiger partial charge on any atom is -0.347 e. The van der Waals surface area contributed by atoms with Crippen LogP contribution in [0.15, 0.2) is 24.3 Å². The molecule has 0 spiro atoms. The number of nitrogens with one attached hydrogen (secondary N) is 1. The molecule has 0 aliphatic heterocycles. The van der Waals surface area contributed by atoms with Crippen molar-refractivity contribution >= 4 is 28.5 Å². The number of carbonyl (C=O) groups excluding carboxylic acids is 1. The van der Waals surface area contributed by atoms with Gasteiger partial charge < -0.3 is 5.32 Å². The van der Waals surface area contributed by atoms with Gasteiger partial charge in [-0.1, -0.05) is 0 Å². The van der Waals surface area contributed by atoms with Crippen LogP contribution in [-0.2, 0) is 0 Å². The molecule has 74 valence electrons. The Bertz CT molecular complexity index is 354. The highest BCUT2D eigenvalue weighted by Gasteiger charge is 2.38. The van der Waals surface area contributed by atoms with Crippen molar-refractivity contribution in [2.75, 3.05) is 0 Å². The van der Waals surface area contributed by atoms with Crippen molar-refractivity contribution < 1.29 is 4.79 Å². The summed E-state index contributed by atoms with van der Waals surface area (Å²) in [5.74, 6) is 0.0430. The lowest BCUT2D eigenvalue weighted by Crippen LogP contribution is -2.34. The molecular weight excluding hydrogens is 289 g/mol. The predicted molar refractivity (Wildman–Crippen MR) is 64.3 cm³/mol. The first-order chi connectivity index (χ1) is 6.59. The number of benzene rings is 1. The summed E-state index contributed by atoms with van der Waals surface area (Å²) in [6.07, 6.45) is 2.20. The van der Waals surface area contributed by atoms with Gasteiger partial charge >= 0.3 is 0 Å². The number of rotatable bonds is 2. The van der Waals surface area contributed by atoms with E-state index in [1.54, 1.807) is 0 Å². The zero-order valence-electron chi connectivity index (χ0n) is 8.01. The maximum Gasteiger partial charge on any atom is 0.251 e. The Hall–Kier alpha value is -0.580. The predicted octanol–water partition coefficient (Wildman–Crippen LogP) is 2.57. The van der Waals surface area contributed by atoms with Crippen molar-refractivity contribution in [1.29, 1.82) is 0 Å². The van der Waals surface area contributed by atoms with E-state index < -0.39 is 0 Å². The second-order valence-electron chi connectivity index (χ2n) is 4.02. The molecule has 1 aromatic carbocycles. The molecule has 1 aliphatic carbocycles. The summed E-state index contributed by atoms with van der Waals surface area (Å²) in [6, 6.07) is 7.63. The normalized spacial score (nSPS) is 17.6. The topological polar surface area (TPSA) is 29.1 Å². The second kappa shape index (κ2) is 3.53. The van der Waals surface area contributed by atoms with Gasteiger partial charge in [-0.15, -0.1) is 0 Å². The second-order valence-corrected chi connectivity index (χ2v) is 5.27. The zero-order chi connectivity index (χ0) is 10.2. The van der Waals surface area contributed by atoms with Crippen LogP contribution in [0.4, 0.5) is 0 Å². The summed E-state index contributed by atoms with van der Waals surface area (Å²) in [5, 5.41) is 3.02. The Kier molecular flexibility index (Phi) is 2.51. The molecule has 1 saturated carbocycles. The number of hydrogen-bond donors (Lipinski definition) is 1. The van der Waals surface area contributed by atoms with Crippen LogP contribution >= 0.6 is 22.6 Å². The minimum atomic E-state index is 0.0430. The number of carbonyl (C=O) groups is 1. The Morgan fingerprint density at radius 2 is 1.93 bits per heavy atom. The zero-order valence-corrected chi connectivity index (χ0v) is 10.2. The average molecular weight is 301 g/mol. The van der Waals surface area contributed by atoms with Crippen LogP contribution in [-0.4, -0.2) is 11.4 Å². The van der Waals surface area contributed by atoms with E-state index >= 15 is 0 Å². The molecule has 0 saturated heterocycles. The quantitative estimate of drug-likeness (QED) is 0.836. The molecule has 0 unspecified atom stereocenters. The standard InChI is InChI=1S/C11H12INO/c1-11(6-7-11)13-10(14)8-2-4-9(12)5-3-8/h2-5H,6-7H2,1H3,(H,13,14).